The number of hydrogen-bond acceptors (Lipinski definition) is 0. The molecular weight excluding hydrogens is 425 g/mol. The van der Waals surface area contributed by atoms with Crippen LogP contribution in [0, 0.1) is 0 Å². The fourth-order valence-electron chi connectivity index (χ4n) is 3.87. The molecule has 0 saturated carbocycles. The molecule has 3 aliphatic rings. The van der Waals surface area contributed by atoms with Gasteiger partial charge in [-0.1, -0.05) is 0 Å². The first-order chi connectivity index (χ1) is 9.45. The average molecular weight is 452 g/mol. The van der Waals surface area contributed by atoms with E-state index in [4.69, 9.17) is 0 Å². The second-order valence-corrected chi connectivity index (χ2v) is 17.4. The predicted molar refractivity (Wildman–Crippen MR) is 86.0 cm³/mol. The molecule has 0 amide bonds. The summed E-state index contributed by atoms with van der Waals surface area (Å²) in [6.07, 6.45) is 28.4. The zero-order chi connectivity index (χ0) is 12.9. The van der Waals surface area contributed by atoms with E-state index in [1.165, 1.54) is 57.8 Å². The van der Waals surface area contributed by atoms with Crippen molar-refractivity contribution in [2.75, 3.05) is 0 Å². The van der Waals surface area contributed by atoms with Gasteiger partial charge >= 0.3 is 127 Å². The van der Waals surface area contributed by atoms with Gasteiger partial charge in [-0.2, -0.15) is 0 Å². The zero-order valence-corrected chi connectivity index (χ0v) is 15.5. The molecule has 0 radical (unpaired) electrons. The Kier molecular flexibility index (Phi) is 5.33. The van der Waals surface area contributed by atoms with Crippen molar-refractivity contribution < 1.29 is 0 Å². The molecule has 0 saturated heterocycles. The van der Waals surface area contributed by atoms with Gasteiger partial charge in [0.25, 0.3) is 0 Å². The molecule has 0 aromatic heterocycles. The first kappa shape index (κ1) is 14.1. The van der Waals surface area contributed by atoms with Gasteiger partial charge < -0.3 is 0 Å². The normalized spacial score (nSPS) is 34.9. The van der Waals surface area contributed by atoms with E-state index >= 15 is 0 Å². The summed E-state index contributed by atoms with van der Waals surface area (Å²) in [7, 11) is 0. The topological polar surface area (TPSA) is 0 Å². The molecule has 0 heterocycles. The zero-order valence-electron chi connectivity index (χ0n) is 12.0. The predicted octanol–water partition coefficient (Wildman–Crippen LogP) is 5.81. The molecule has 0 bridgehead atoms. The maximum atomic E-state index is 2.65. The summed E-state index contributed by atoms with van der Waals surface area (Å²) >= 11 is -1.49. The molecule has 0 aromatic rings. The Bertz CT molecular complexity index is 309. The Balaban J connectivity index is 1.80. The van der Waals surface area contributed by atoms with Crippen LogP contribution in [-0.4, -0.2) is 21.8 Å². The standard InChI is InChI=1S/3C6H9.Bi/c3*1-2-4-6-5-3-1;/h3*1-3H,4-6H2;. The third-order valence-corrected chi connectivity index (χ3v) is 18.8. The minimum atomic E-state index is -1.49. The van der Waals surface area contributed by atoms with Crippen LogP contribution in [0.2, 0.25) is 10.9 Å². The quantitative estimate of drug-likeness (QED) is 0.375. The summed E-state index contributed by atoms with van der Waals surface area (Å²) in [4.78, 5) is 0. The van der Waals surface area contributed by atoms with Gasteiger partial charge in [-0.3, -0.25) is 0 Å². The Morgan fingerprint density at radius 2 is 0.947 bits per heavy atom. The summed E-state index contributed by atoms with van der Waals surface area (Å²) in [5.41, 5.74) is 0. The number of hydrogen-bond donors (Lipinski definition) is 0. The summed E-state index contributed by atoms with van der Waals surface area (Å²) in [5.74, 6) is 0. The van der Waals surface area contributed by atoms with E-state index in [0.717, 1.165) is 10.9 Å². The van der Waals surface area contributed by atoms with Gasteiger partial charge in [0.2, 0.25) is 0 Å². The molecule has 0 fully saturated rings. The molecular formula is C18H27Bi. The molecule has 0 spiro atoms. The van der Waals surface area contributed by atoms with Gasteiger partial charge in [0, 0.05) is 0 Å². The van der Waals surface area contributed by atoms with Gasteiger partial charge in [-0.15, -0.1) is 0 Å². The van der Waals surface area contributed by atoms with Crippen LogP contribution in [0.15, 0.2) is 36.5 Å². The van der Waals surface area contributed by atoms with Crippen LogP contribution >= 0.6 is 0 Å². The summed E-state index contributed by atoms with van der Waals surface area (Å²) in [6, 6.07) is 0. The van der Waals surface area contributed by atoms with Crippen molar-refractivity contribution in [2.45, 2.75) is 68.7 Å². The van der Waals surface area contributed by atoms with Crippen LogP contribution in [0.5, 0.6) is 0 Å². The van der Waals surface area contributed by atoms with Crippen molar-refractivity contribution in [3.63, 3.8) is 0 Å². The third-order valence-electron chi connectivity index (χ3n) is 4.84. The molecule has 0 aromatic carbocycles. The van der Waals surface area contributed by atoms with E-state index in [2.05, 4.69) is 36.5 Å². The Morgan fingerprint density at radius 3 is 1.21 bits per heavy atom. The minimum absolute atomic E-state index is 1.05. The van der Waals surface area contributed by atoms with E-state index in [1.54, 1.807) is 0 Å². The van der Waals surface area contributed by atoms with Gasteiger partial charge in [-0.25, -0.2) is 0 Å². The maximum absolute atomic E-state index is 2.65. The van der Waals surface area contributed by atoms with Crippen LogP contribution in [0.1, 0.15) is 57.8 Å². The van der Waals surface area contributed by atoms with Gasteiger partial charge in [-0.05, 0) is 0 Å². The molecule has 0 nitrogen and oxygen atoms in total. The molecule has 3 atom stereocenters. The first-order valence-corrected chi connectivity index (χ1v) is 14.2. The Labute approximate surface area is 126 Å². The molecule has 3 aliphatic carbocycles. The average Bonchev–Trinajstić information content (AvgIpc) is 2.51. The van der Waals surface area contributed by atoms with Gasteiger partial charge in [0.15, 0.2) is 0 Å². The van der Waals surface area contributed by atoms with Crippen molar-refractivity contribution >= 4 is 21.8 Å². The monoisotopic (exact) mass is 452 g/mol. The van der Waals surface area contributed by atoms with Crippen LogP contribution in [0.4, 0.5) is 0 Å². The van der Waals surface area contributed by atoms with E-state index in [-0.39, 0.29) is 0 Å². The van der Waals surface area contributed by atoms with Crippen molar-refractivity contribution in [1.82, 2.24) is 0 Å². The molecule has 3 unspecified atom stereocenters. The summed E-state index contributed by atoms with van der Waals surface area (Å²) < 4.78 is 3.14. The van der Waals surface area contributed by atoms with Crippen LogP contribution in [0.25, 0.3) is 0 Å². The molecule has 1 heteroatoms. The van der Waals surface area contributed by atoms with Gasteiger partial charge in [0.1, 0.15) is 0 Å². The van der Waals surface area contributed by atoms with E-state index in [1.807, 2.05) is 0 Å². The Morgan fingerprint density at radius 1 is 0.579 bits per heavy atom. The van der Waals surface area contributed by atoms with Crippen molar-refractivity contribution in [2.24, 2.45) is 0 Å². The van der Waals surface area contributed by atoms with Crippen molar-refractivity contribution in [1.29, 1.82) is 0 Å². The molecule has 0 N–H and O–H groups in total. The van der Waals surface area contributed by atoms with E-state index in [0.29, 0.717) is 0 Å². The first-order valence-electron chi connectivity index (χ1n) is 8.22. The molecule has 3 rings (SSSR count). The van der Waals surface area contributed by atoms with Gasteiger partial charge in [0.05, 0.1) is 0 Å². The molecule has 0 aliphatic heterocycles. The summed E-state index contributed by atoms with van der Waals surface area (Å²) in [6.45, 7) is 0. The van der Waals surface area contributed by atoms with Crippen LogP contribution in [0.3, 0.4) is 0 Å². The van der Waals surface area contributed by atoms with Crippen molar-refractivity contribution in [3.8, 4) is 0 Å². The molecule has 19 heavy (non-hydrogen) atoms. The fourth-order valence-corrected chi connectivity index (χ4v) is 18.9. The second-order valence-electron chi connectivity index (χ2n) is 6.23. The van der Waals surface area contributed by atoms with E-state index < -0.39 is 21.8 Å². The summed E-state index contributed by atoms with van der Waals surface area (Å²) in [5, 5.41) is 0. The van der Waals surface area contributed by atoms with E-state index in [9.17, 15) is 0 Å². The third kappa shape index (κ3) is 3.60. The van der Waals surface area contributed by atoms with Crippen LogP contribution < -0.4 is 0 Å². The van der Waals surface area contributed by atoms with Crippen molar-refractivity contribution in [3.05, 3.63) is 36.5 Å². The molecule has 104 valence electrons. The number of allylic oxidation sites excluding steroid dienone is 6. The second kappa shape index (κ2) is 7.21. The van der Waals surface area contributed by atoms with Crippen LogP contribution in [-0.2, 0) is 0 Å². The SMILES string of the molecule is C1=C[CH]([Bi]([CH]2C=CCCC2)[CH]2C=CCCC2)CCC1. The fraction of sp³-hybridized carbons (Fsp3) is 0.667. The number of rotatable bonds is 3. The Hall–Kier alpha value is 0.103.